The summed E-state index contributed by atoms with van der Waals surface area (Å²) in [7, 11) is 0. The summed E-state index contributed by atoms with van der Waals surface area (Å²) in [5.41, 5.74) is 5.53. The molecule has 2 atom stereocenters. The molecule has 3 rings (SSSR count). The minimum absolute atomic E-state index is 0.448. The van der Waals surface area contributed by atoms with E-state index in [1.165, 1.54) is 35.1 Å². The Bertz CT molecular complexity index is 608. The molecule has 1 heterocycles. The molecule has 2 heteroatoms. The highest BCUT2D eigenvalue weighted by molar-refractivity contribution is 7.98. The second-order valence-corrected chi connectivity index (χ2v) is 7.16. The van der Waals surface area contributed by atoms with Crippen molar-refractivity contribution in [2.75, 3.05) is 5.75 Å². The molecule has 1 aliphatic rings. The van der Waals surface area contributed by atoms with E-state index >= 15 is 0 Å². The summed E-state index contributed by atoms with van der Waals surface area (Å²) >= 11 is 2.00. The zero-order chi connectivity index (χ0) is 15.4. The van der Waals surface area contributed by atoms with Crippen LogP contribution in [0.4, 0.5) is 0 Å². The fraction of sp³-hybridized carbons (Fsp3) is 0.400. The fourth-order valence-electron chi connectivity index (χ4n) is 3.08. The quantitative estimate of drug-likeness (QED) is 0.724. The summed E-state index contributed by atoms with van der Waals surface area (Å²) in [6.45, 7) is 4.40. The molecule has 116 valence electrons. The van der Waals surface area contributed by atoms with E-state index in [1.807, 2.05) is 11.8 Å². The highest BCUT2D eigenvalue weighted by atomic mass is 32.2. The van der Waals surface area contributed by atoms with Gasteiger partial charge in [0.25, 0.3) is 0 Å². The topological polar surface area (TPSA) is 9.23 Å². The summed E-state index contributed by atoms with van der Waals surface area (Å²) < 4.78 is 5.92. The van der Waals surface area contributed by atoms with Gasteiger partial charge in [0.1, 0.15) is 0 Å². The average molecular weight is 312 g/mol. The van der Waals surface area contributed by atoms with E-state index in [9.17, 15) is 0 Å². The molecule has 0 saturated carbocycles. The summed E-state index contributed by atoms with van der Waals surface area (Å²) in [6, 6.07) is 17.3. The Morgan fingerprint density at radius 1 is 1.05 bits per heavy atom. The maximum absolute atomic E-state index is 5.92. The van der Waals surface area contributed by atoms with E-state index in [-0.39, 0.29) is 0 Å². The van der Waals surface area contributed by atoms with Gasteiger partial charge in [0.15, 0.2) is 0 Å². The number of ether oxygens (including phenoxy) is 1. The van der Waals surface area contributed by atoms with Crippen LogP contribution in [0, 0.1) is 6.92 Å². The Balaban J connectivity index is 1.70. The van der Waals surface area contributed by atoms with Gasteiger partial charge in [0.05, 0.1) is 12.2 Å². The number of hydrogen-bond donors (Lipinski definition) is 0. The van der Waals surface area contributed by atoms with E-state index in [0.717, 1.165) is 11.5 Å². The van der Waals surface area contributed by atoms with E-state index in [0.29, 0.717) is 12.2 Å². The Hall–Kier alpha value is -1.25. The first-order chi connectivity index (χ1) is 10.7. The van der Waals surface area contributed by atoms with E-state index in [4.69, 9.17) is 4.74 Å². The maximum atomic E-state index is 5.92. The predicted molar refractivity (Wildman–Crippen MR) is 96.3 cm³/mol. The third-order valence-corrected chi connectivity index (χ3v) is 5.47. The van der Waals surface area contributed by atoms with E-state index in [2.05, 4.69) is 62.4 Å². The van der Waals surface area contributed by atoms with Gasteiger partial charge in [-0.3, -0.25) is 0 Å². The normalized spacial score (nSPS) is 21.2. The second kappa shape index (κ2) is 7.34. The van der Waals surface area contributed by atoms with Crippen molar-refractivity contribution in [3.05, 3.63) is 59.7 Å². The minimum Gasteiger partial charge on any atom is -0.374 e. The highest BCUT2D eigenvalue weighted by Gasteiger charge is 2.21. The molecule has 1 nitrogen and oxygen atoms in total. The lowest BCUT2D eigenvalue weighted by atomic mass is 9.97. The third kappa shape index (κ3) is 3.74. The molecule has 1 saturated heterocycles. The molecule has 1 fully saturated rings. The number of aryl methyl sites for hydroxylation is 1. The third-order valence-electron chi connectivity index (χ3n) is 4.37. The summed E-state index contributed by atoms with van der Waals surface area (Å²) in [6.07, 6.45) is 3.33. The summed E-state index contributed by atoms with van der Waals surface area (Å²) in [5, 5.41) is 0. The van der Waals surface area contributed by atoms with Gasteiger partial charge in [-0.05, 0) is 48.9 Å². The molecule has 0 amide bonds. The fourth-order valence-corrected chi connectivity index (χ4v) is 4.30. The van der Waals surface area contributed by atoms with Crippen molar-refractivity contribution >= 4 is 11.8 Å². The first kappa shape index (κ1) is 15.6. The van der Waals surface area contributed by atoms with Gasteiger partial charge in [0, 0.05) is 11.5 Å². The number of thioether (sulfide) groups is 1. The van der Waals surface area contributed by atoms with Crippen molar-refractivity contribution in [3.63, 3.8) is 0 Å². The SMILES string of the molecule is Cc1cccc(-c2ccccc2)c1CSCC1CCC(C)O1. The molecule has 0 bridgehead atoms. The molecule has 1 aliphatic heterocycles. The largest absolute Gasteiger partial charge is 0.374 e. The van der Waals surface area contributed by atoms with Gasteiger partial charge >= 0.3 is 0 Å². The lowest BCUT2D eigenvalue weighted by Crippen LogP contribution is -2.11. The zero-order valence-corrected chi connectivity index (χ0v) is 14.2. The van der Waals surface area contributed by atoms with E-state index in [1.54, 1.807) is 0 Å². The van der Waals surface area contributed by atoms with Crippen LogP contribution in [0.25, 0.3) is 11.1 Å². The Morgan fingerprint density at radius 2 is 1.86 bits per heavy atom. The first-order valence-electron chi connectivity index (χ1n) is 8.11. The van der Waals surface area contributed by atoms with Crippen LogP contribution in [0.1, 0.15) is 30.9 Å². The molecule has 0 N–H and O–H groups in total. The lowest BCUT2D eigenvalue weighted by Gasteiger charge is -2.15. The summed E-state index contributed by atoms with van der Waals surface area (Å²) in [5.74, 6) is 2.16. The summed E-state index contributed by atoms with van der Waals surface area (Å²) in [4.78, 5) is 0. The van der Waals surface area contributed by atoms with Gasteiger partial charge in [-0.25, -0.2) is 0 Å². The van der Waals surface area contributed by atoms with Gasteiger partial charge in [-0.15, -0.1) is 0 Å². The smallest absolute Gasteiger partial charge is 0.0670 e. The number of benzene rings is 2. The molecule has 22 heavy (non-hydrogen) atoms. The van der Waals surface area contributed by atoms with Crippen LogP contribution < -0.4 is 0 Å². The molecule has 0 aliphatic carbocycles. The Kier molecular flexibility index (Phi) is 5.22. The van der Waals surface area contributed by atoms with Crippen LogP contribution >= 0.6 is 11.8 Å². The minimum atomic E-state index is 0.448. The second-order valence-electron chi connectivity index (χ2n) is 6.13. The molecule has 2 aromatic rings. The standard InChI is InChI=1S/C20H24OS/c1-15-7-6-10-19(17-8-4-3-5-9-17)20(15)14-22-13-18-12-11-16(2)21-18/h3-10,16,18H,11-14H2,1-2H3. The molecule has 2 unspecified atom stereocenters. The van der Waals surface area contributed by atoms with Crippen molar-refractivity contribution in [2.24, 2.45) is 0 Å². The maximum Gasteiger partial charge on any atom is 0.0670 e. The first-order valence-corrected chi connectivity index (χ1v) is 9.26. The van der Waals surface area contributed by atoms with Crippen molar-refractivity contribution in [3.8, 4) is 11.1 Å². The van der Waals surface area contributed by atoms with Crippen LogP contribution in [0.5, 0.6) is 0 Å². The number of rotatable bonds is 5. The van der Waals surface area contributed by atoms with Gasteiger partial charge in [-0.1, -0.05) is 48.5 Å². The Morgan fingerprint density at radius 3 is 2.59 bits per heavy atom. The lowest BCUT2D eigenvalue weighted by molar-refractivity contribution is 0.0700. The molecule has 2 aromatic carbocycles. The van der Waals surface area contributed by atoms with Gasteiger partial charge < -0.3 is 4.74 Å². The number of hydrogen-bond acceptors (Lipinski definition) is 2. The van der Waals surface area contributed by atoms with Crippen molar-refractivity contribution < 1.29 is 4.74 Å². The van der Waals surface area contributed by atoms with E-state index < -0.39 is 0 Å². The molecule has 0 spiro atoms. The zero-order valence-electron chi connectivity index (χ0n) is 13.4. The Labute approximate surface area is 138 Å². The average Bonchev–Trinajstić information content (AvgIpc) is 2.95. The molecular formula is C20H24OS. The van der Waals surface area contributed by atoms with Crippen molar-refractivity contribution in [1.29, 1.82) is 0 Å². The van der Waals surface area contributed by atoms with Crippen LogP contribution in [0.2, 0.25) is 0 Å². The van der Waals surface area contributed by atoms with Crippen LogP contribution in [-0.2, 0) is 10.5 Å². The highest BCUT2D eigenvalue weighted by Crippen LogP contribution is 2.31. The van der Waals surface area contributed by atoms with Crippen molar-refractivity contribution in [1.82, 2.24) is 0 Å². The van der Waals surface area contributed by atoms with Crippen LogP contribution in [-0.4, -0.2) is 18.0 Å². The van der Waals surface area contributed by atoms with Gasteiger partial charge in [0.2, 0.25) is 0 Å². The van der Waals surface area contributed by atoms with Crippen LogP contribution in [0.15, 0.2) is 48.5 Å². The van der Waals surface area contributed by atoms with Crippen molar-refractivity contribution in [2.45, 2.75) is 44.6 Å². The predicted octanol–water partition coefficient (Wildman–Crippen LogP) is 5.46. The van der Waals surface area contributed by atoms with Gasteiger partial charge in [-0.2, -0.15) is 11.8 Å². The van der Waals surface area contributed by atoms with Crippen LogP contribution in [0.3, 0.4) is 0 Å². The monoisotopic (exact) mass is 312 g/mol. The molecule has 0 radical (unpaired) electrons. The molecular weight excluding hydrogens is 288 g/mol. The molecule has 0 aromatic heterocycles.